The normalized spacial score (nSPS) is 18.8. The second kappa shape index (κ2) is 7.19. The first-order chi connectivity index (χ1) is 8.74. The number of aryl methyl sites for hydroxylation is 1. The summed E-state index contributed by atoms with van der Waals surface area (Å²) >= 11 is 6.47. The van der Waals surface area contributed by atoms with Crippen molar-refractivity contribution >= 4 is 11.6 Å². The lowest BCUT2D eigenvalue weighted by Crippen LogP contribution is -2.10. The molecule has 1 saturated carbocycles. The van der Waals surface area contributed by atoms with E-state index in [9.17, 15) is 0 Å². The van der Waals surface area contributed by atoms with Crippen LogP contribution in [0.1, 0.15) is 56.1 Å². The third-order valence-electron chi connectivity index (χ3n) is 4.19. The third kappa shape index (κ3) is 4.65. The second-order valence-electron chi connectivity index (χ2n) is 5.87. The van der Waals surface area contributed by atoms with E-state index < -0.39 is 0 Å². The fraction of sp³-hybridized carbons (Fsp3) is 0.647. The molecule has 1 fully saturated rings. The third-order valence-corrected chi connectivity index (χ3v) is 4.56. The van der Waals surface area contributed by atoms with E-state index in [-0.39, 0.29) is 0 Å². The second-order valence-corrected chi connectivity index (χ2v) is 6.49. The van der Waals surface area contributed by atoms with Crippen molar-refractivity contribution in [1.82, 2.24) is 0 Å². The summed E-state index contributed by atoms with van der Waals surface area (Å²) in [6.07, 6.45) is 10.7. The van der Waals surface area contributed by atoms with Gasteiger partial charge in [0.2, 0.25) is 0 Å². The SMILES string of the molecule is Cc1ccc(CC(Cl)CCC2CCCCC2)cc1. The quantitative estimate of drug-likeness (QED) is 0.616. The number of hydrogen-bond donors (Lipinski definition) is 0. The monoisotopic (exact) mass is 264 g/mol. The Morgan fingerprint density at radius 1 is 1.11 bits per heavy atom. The minimum absolute atomic E-state index is 0.314. The van der Waals surface area contributed by atoms with Crippen LogP contribution in [-0.4, -0.2) is 5.38 Å². The molecule has 0 spiro atoms. The number of halogens is 1. The maximum Gasteiger partial charge on any atom is 0.0376 e. The molecule has 0 heterocycles. The van der Waals surface area contributed by atoms with Gasteiger partial charge in [-0.2, -0.15) is 0 Å². The van der Waals surface area contributed by atoms with Crippen molar-refractivity contribution in [3.05, 3.63) is 35.4 Å². The van der Waals surface area contributed by atoms with Crippen LogP contribution < -0.4 is 0 Å². The van der Waals surface area contributed by atoms with Gasteiger partial charge in [0.15, 0.2) is 0 Å². The summed E-state index contributed by atoms with van der Waals surface area (Å²) in [4.78, 5) is 0. The van der Waals surface area contributed by atoms with Gasteiger partial charge in [0, 0.05) is 5.38 Å². The highest BCUT2D eigenvalue weighted by Gasteiger charge is 2.15. The van der Waals surface area contributed by atoms with Crippen molar-refractivity contribution in [2.24, 2.45) is 5.92 Å². The van der Waals surface area contributed by atoms with Crippen LogP contribution >= 0.6 is 11.6 Å². The molecule has 1 unspecified atom stereocenters. The molecule has 1 atom stereocenters. The van der Waals surface area contributed by atoms with Crippen molar-refractivity contribution in [1.29, 1.82) is 0 Å². The zero-order valence-electron chi connectivity index (χ0n) is 11.5. The van der Waals surface area contributed by atoms with E-state index in [1.807, 2.05) is 0 Å². The average Bonchev–Trinajstić information content (AvgIpc) is 2.40. The van der Waals surface area contributed by atoms with Crippen LogP contribution in [-0.2, 0) is 6.42 Å². The van der Waals surface area contributed by atoms with Crippen LogP contribution in [0.15, 0.2) is 24.3 Å². The van der Waals surface area contributed by atoms with E-state index in [4.69, 9.17) is 11.6 Å². The van der Waals surface area contributed by atoms with Crippen molar-refractivity contribution < 1.29 is 0 Å². The minimum Gasteiger partial charge on any atom is -0.123 e. The smallest absolute Gasteiger partial charge is 0.0376 e. The molecule has 1 heteroatoms. The molecule has 0 radical (unpaired) electrons. The van der Waals surface area contributed by atoms with Gasteiger partial charge in [-0.25, -0.2) is 0 Å². The Labute approximate surface area is 117 Å². The van der Waals surface area contributed by atoms with Gasteiger partial charge in [0.25, 0.3) is 0 Å². The molecule has 0 nitrogen and oxygen atoms in total. The standard InChI is InChI=1S/C17H25Cl/c1-14-7-9-16(10-8-14)13-17(18)12-11-15-5-3-2-4-6-15/h7-10,15,17H,2-6,11-13H2,1H3. The summed E-state index contributed by atoms with van der Waals surface area (Å²) in [6, 6.07) is 8.79. The molecular weight excluding hydrogens is 240 g/mol. The zero-order valence-corrected chi connectivity index (χ0v) is 12.3. The van der Waals surface area contributed by atoms with Gasteiger partial charge >= 0.3 is 0 Å². The number of hydrogen-bond acceptors (Lipinski definition) is 0. The summed E-state index contributed by atoms with van der Waals surface area (Å²) in [6.45, 7) is 2.13. The molecule has 0 bridgehead atoms. The molecule has 2 rings (SSSR count). The summed E-state index contributed by atoms with van der Waals surface area (Å²) in [5, 5.41) is 0.314. The highest BCUT2D eigenvalue weighted by Crippen LogP contribution is 2.29. The topological polar surface area (TPSA) is 0 Å². The van der Waals surface area contributed by atoms with Crippen molar-refractivity contribution in [2.75, 3.05) is 0 Å². The van der Waals surface area contributed by atoms with Gasteiger partial charge in [-0.15, -0.1) is 11.6 Å². The Morgan fingerprint density at radius 2 is 1.78 bits per heavy atom. The van der Waals surface area contributed by atoms with Gasteiger partial charge in [-0.05, 0) is 37.7 Å². The highest BCUT2D eigenvalue weighted by atomic mass is 35.5. The van der Waals surface area contributed by atoms with Crippen LogP contribution in [0.3, 0.4) is 0 Å². The van der Waals surface area contributed by atoms with E-state index in [0.717, 1.165) is 12.3 Å². The Morgan fingerprint density at radius 3 is 2.44 bits per heavy atom. The molecular formula is C17H25Cl. The maximum atomic E-state index is 6.47. The Balaban J connectivity index is 1.71. The fourth-order valence-electron chi connectivity index (χ4n) is 2.97. The fourth-order valence-corrected chi connectivity index (χ4v) is 3.28. The molecule has 18 heavy (non-hydrogen) atoms. The largest absolute Gasteiger partial charge is 0.123 e. The predicted molar refractivity (Wildman–Crippen MR) is 80.3 cm³/mol. The molecule has 0 aromatic heterocycles. The van der Waals surface area contributed by atoms with Gasteiger partial charge in [-0.3, -0.25) is 0 Å². The summed E-state index contributed by atoms with van der Waals surface area (Å²) < 4.78 is 0. The van der Waals surface area contributed by atoms with Crippen molar-refractivity contribution in [3.63, 3.8) is 0 Å². The molecule has 1 aromatic rings. The Bertz CT molecular complexity index is 335. The Hall–Kier alpha value is -0.490. The first kappa shape index (κ1) is 13.9. The van der Waals surface area contributed by atoms with Crippen LogP contribution in [0.5, 0.6) is 0 Å². The molecule has 1 aliphatic rings. The van der Waals surface area contributed by atoms with Gasteiger partial charge in [0.05, 0.1) is 0 Å². The molecule has 1 aromatic carbocycles. The number of alkyl halides is 1. The molecule has 100 valence electrons. The lowest BCUT2D eigenvalue weighted by molar-refractivity contribution is 0.330. The van der Waals surface area contributed by atoms with Crippen molar-refractivity contribution in [2.45, 2.75) is 63.7 Å². The molecule has 0 saturated heterocycles. The maximum absolute atomic E-state index is 6.47. The molecule has 1 aliphatic carbocycles. The van der Waals surface area contributed by atoms with Crippen LogP contribution in [0.2, 0.25) is 0 Å². The van der Waals surface area contributed by atoms with Crippen LogP contribution in [0, 0.1) is 12.8 Å². The van der Waals surface area contributed by atoms with Gasteiger partial charge in [0.1, 0.15) is 0 Å². The van der Waals surface area contributed by atoms with E-state index in [2.05, 4.69) is 31.2 Å². The van der Waals surface area contributed by atoms with E-state index in [1.165, 1.54) is 56.1 Å². The minimum atomic E-state index is 0.314. The lowest BCUT2D eigenvalue weighted by Gasteiger charge is -2.22. The van der Waals surface area contributed by atoms with Gasteiger partial charge < -0.3 is 0 Å². The lowest BCUT2D eigenvalue weighted by atomic mass is 9.85. The first-order valence-electron chi connectivity index (χ1n) is 7.43. The molecule has 0 amide bonds. The molecule has 0 aliphatic heterocycles. The predicted octanol–water partition coefficient (Wildman–Crippen LogP) is 5.51. The van der Waals surface area contributed by atoms with Crippen LogP contribution in [0.25, 0.3) is 0 Å². The van der Waals surface area contributed by atoms with Crippen LogP contribution in [0.4, 0.5) is 0 Å². The van der Waals surface area contributed by atoms with Gasteiger partial charge in [-0.1, -0.05) is 61.9 Å². The number of rotatable bonds is 5. The van der Waals surface area contributed by atoms with E-state index in [1.54, 1.807) is 0 Å². The summed E-state index contributed by atoms with van der Waals surface area (Å²) in [5.74, 6) is 0.956. The molecule has 0 N–H and O–H groups in total. The van der Waals surface area contributed by atoms with E-state index >= 15 is 0 Å². The number of benzene rings is 1. The van der Waals surface area contributed by atoms with E-state index in [0.29, 0.717) is 5.38 Å². The van der Waals surface area contributed by atoms with Crippen molar-refractivity contribution in [3.8, 4) is 0 Å². The zero-order chi connectivity index (χ0) is 12.8. The summed E-state index contributed by atoms with van der Waals surface area (Å²) in [5.41, 5.74) is 2.70. The highest BCUT2D eigenvalue weighted by molar-refractivity contribution is 6.20. The first-order valence-corrected chi connectivity index (χ1v) is 7.87. The Kier molecular flexibility index (Phi) is 5.56. The summed E-state index contributed by atoms with van der Waals surface area (Å²) in [7, 11) is 0. The average molecular weight is 265 g/mol.